The molecular weight excluding hydrogens is 188 g/mol. The Balaban J connectivity index is 2.95. The van der Waals surface area contributed by atoms with Crippen LogP contribution in [0.1, 0.15) is 6.92 Å². The predicted molar refractivity (Wildman–Crippen MR) is 49.0 cm³/mol. The molecule has 0 aliphatic carbocycles. The zero-order chi connectivity index (χ0) is 11.0. The summed E-state index contributed by atoms with van der Waals surface area (Å²) in [7, 11) is 3.08. The first-order valence-electron chi connectivity index (χ1n) is 4.59. The van der Waals surface area contributed by atoms with E-state index in [-0.39, 0.29) is 6.61 Å². The minimum Gasteiger partial charge on any atom is -0.348 e. The highest BCUT2D eigenvalue weighted by Gasteiger charge is 2.58. The van der Waals surface area contributed by atoms with Gasteiger partial charge in [-0.05, 0) is 21.0 Å². The average molecular weight is 206 g/mol. The third-order valence-corrected chi connectivity index (χ3v) is 2.60. The Bertz CT molecular complexity index is 212. The number of piperazine rings is 1. The van der Waals surface area contributed by atoms with Crippen molar-refractivity contribution in [2.45, 2.75) is 18.7 Å². The van der Waals surface area contributed by atoms with Crippen molar-refractivity contribution in [2.75, 3.05) is 33.8 Å². The second-order valence-corrected chi connectivity index (χ2v) is 3.52. The molecule has 0 aromatic carbocycles. The molecule has 3 N–H and O–H groups in total. The number of ether oxygens (including phenoxy) is 1. The van der Waals surface area contributed by atoms with Crippen LogP contribution in [0.3, 0.4) is 0 Å². The first-order chi connectivity index (χ1) is 6.36. The Morgan fingerprint density at radius 3 is 2.14 bits per heavy atom. The van der Waals surface area contributed by atoms with Crippen molar-refractivity contribution in [3.8, 4) is 0 Å². The van der Waals surface area contributed by atoms with E-state index in [1.807, 2.05) is 0 Å². The van der Waals surface area contributed by atoms with Crippen molar-refractivity contribution in [3.05, 3.63) is 0 Å². The summed E-state index contributed by atoms with van der Waals surface area (Å²) in [6, 6.07) is 0. The fourth-order valence-electron chi connectivity index (χ4n) is 1.52. The van der Waals surface area contributed by atoms with E-state index in [0.717, 1.165) is 0 Å². The van der Waals surface area contributed by atoms with Crippen LogP contribution in [0.25, 0.3) is 0 Å². The minimum atomic E-state index is -2.39. The molecule has 6 nitrogen and oxygen atoms in total. The van der Waals surface area contributed by atoms with Gasteiger partial charge in [0.25, 0.3) is 11.8 Å². The van der Waals surface area contributed by atoms with E-state index < -0.39 is 11.8 Å². The minimum absolute atomic E-state index is 0.192. The fraction of sp³-hybridized carbons (Fsp3) is 1.00. The van der Waals surface area contributed by atoms with Crippen molar-refractivity contribution in [2.24, 2.45) is 0 Å². The van der Waals surface area contributed by atoms with Gasteiger partial charge in [-0.15, -0.1) is 0 Å². The monoisotopic (exact) mass is 206 g/mol. The first-order valence-corrected chi connectivity index (χ1v) is 4.59. The third kappa shape index (κ3) is 1.54. The van der Waals surface area contributed by atoms with Crippen LogP contribution >= 0.6 is 0 Å². The van der Waals surface area contributed by atoms with E-state index in [9.17, 15) is 15.3 Å². The standard InChI is InChI=1S/C8H18N2O4/c1-4-14-8(13)7(11,12)9(2)5-6-10(8)3/h11-13H,4-6H2,1-3H3. The van der Waals surface area contributed by atoms with Crippen LogP contribution in [0.2, 0.25) is 0 Å². The zero-order valence-corrected chi connectivity index (χ0v) is 8.77. The van der Waals surface area contributed by atoms with Gasteiger partial charge in [-0.3, -0.25) is 0 Å². The molecule has 1 fully saturated rings. The van der Waals surface area contributed by atoms with E-state index in [4.69, 9.17) is 4.74 Å². The van der Waals surface area contributed by atoms with Gasteiger partial charge in [0.05, 0.1) is 0 Å². The molecule has 1 unspecified atom stereocenters. The van der Waals surface area contributed by atoms with Crippen molar-refractivity contribution in [1.82, 2.24) is 9.80 Å². The molecule has 0 aromatic rings. The Hall–Kier alpha value is -0.240. The van der Waals surface area contributed by atoms with Gasteiger partial charge >= 0.3 is 0 Å². The highest BCUT2D eigenvalue weighted by Crippen LogP contribution is 2.30. The van der Waals surface area contributed by atoms with Gasteiger partial charge in [0.15, 0.2) is 0 Å². The molecule has 84 valence electrons. The lowest BCUT2D eigenvalue weighted by Crippen LogP contribution is -2.75. The lowest BCUT2D eigenvalue weighted by Gasteiger charge is -2.51. The number of hydrogen-bond acceptors (Lipinski definition) is 6. The summed E-state index contributed by atoms with van der Waals surface area (Å²) in [6.07, 6.45) is 0. The summed E-state index contributed by atoms with van der Waals surface area (Å²) in [5, 5.41) is 29.5. The fourth-order valence-corrected chi connectivity index (χ4v) is 1.52. The molecule has 6 heteroatoms. The van der Waals surface area contributed by atoms with Crippen molar-refractivity contribution >= 4 is 0 Å². The molecule has 1 heterocycles. The lowest BCUT2D eigenvalue weighted by atomic mass is 10.2. The number of aliphatic hydroxyl groups is 3. The Kier molecular flexibility index (Phi) is 3.15. The summed E-state index contributed by atoms with van der Waals surface area (Å²) < 4.78 is 5.01. The molecule has 0 spiro atoms. The largest absolute Gasteiger partial charge is 0.348 e. The van der Waals surface area contributed by atoms with Gasteiger partial charge in [-0.25, -0.2) is 9.80 Å². The van der Waals surface area contributed by atoms with Crippen LogP contribution in [0.4, 0.5) is 0 Å². The average Bonchev–Trinajstić information content (AvgIpc) is 2.11. The van der Waals surface area contributed by atoms with Crippen molar-refractivity contribution < 1.29 is 20.1 Å². The van der Waals surface area contributed by atoms with Crippen molar-refractivity contribution in [1.29, 1.82) is 0 Å². The van der Waals surface area contributed by atoms with E-state index in [2.05, 4.69) is 0 Å². The molecule has 0 radical (unpaired) electrons. The molecule has 14 heavy (non-hydrogen) atoms. The molecule has 0 amide bonds. The highest BCUT2D eigenvalue weighted by molar-refractivity contribution is 4.87. The summed E-state index contributed by atoms with van der Waals surface area (Å²) in [4.78, 5) is 2.61. The van der Waals surface area contributed by atoms with Gasteiger partial charge in [0, 0.05) is 19.7 Å². The SMILES string of the molecule is CCOC1(O)N(C)CCN(C)C1(O)O. The van der Waals surface area contributed by atoms with Crippen LogP contribution in [-0.2, 0) is 4.74 Å². The number of rotatable bonds is 2. The molecule has 1 atom stereocenters. The molecule has 1 rings (SSSR count). The third-order valence-electron chi connectivity index (χ3n) is 2.60. The maximum atomic E-state index is 10.0. The Labute approximate surface area is 83.3 Å². The zero-order valence-electron chi connectivity index (χ0n) is 8.77. The molecule has 0 aromatic heterocycles. The number of nitrogens with zero attached hydrogens (tertiary/aromatic N) is 2. The molecule has 1 aliphatic rings. The van der Waals surface area contributed by atoms with E-state index >= 15 is 0 Å². The van der Waals surface area contributed by atoms with Gasteiger partial charge in [-0.2, -0.15) is 0 Å². The molecule has 0 saturated carbocycles. The summed E-state index contributed by atoms with van der Waals surface area (Å²) in [5.41, 5.74) is 0. The van der Waals surface area contributed by atoms with E-state index in [0.29, 0.717) is 13.1 Å². The van der Waals surface area contributed by atoms with Crippen LogP contribution in [0, 0.1) is 0 Å². The summed E-state index contributed by atoms with van der Waals surface area (Å²) >= 11 is 0. The Morgan fingerprint density at radius 2 is 1.64 bits per heavy atom. The van der Waals surface area contributed by atoms with Gasteiger partial charge in [0.2, 0.25) is 0 Å². The van der Waals surface area contributed by atoms with E-state index in [1.165, 1.54) is 16.8 Å². The van der Waals surface area contributed by atoms with Crippen LogP contribution in [-0.4, -0.2) is 70.7 Å². The van der Waals surface area contributed by atoms with Crippen molar-refractivity contribution in [3.63, 3.8) is 0 Å². The lowest BCUT2D eigenvalue weighted by molar-refractivity contribution is -0.475. The first kappa shape index (κ1) is 11.8. The summed E-state index contributed by atoms with van der Waals surface area (Å²) in [6.45, 7) is 2.81. The topological polar surface area (TPSA) is 76.4 Å². The molecule has 0 bridgehead atoms. The quantitative estimate of drug-likeness (QED) is 0.462. The van der Waals surface area contributed by atoms with E-state index in [1.54, 1.807) is 14.0 Å². The molecule has 1 aliphatic heterocycles. The molecule has 1 saturated heterocycles. The van der Waals surface area contributed by atoms with Crippen LogP contribution < -0.4 is 0 Å². The second-order valence-electron chi connectivity index (χ2n) is 3.52. The smallest absolute Gasteiger partial charge is 0.300 e. The van der Waals surface area contributed by atoms with Crippen LogP contribution in [0.5, 0.6) is 0 Å². The highest BCUT2D eigenvalue weighted by atomic mass is 16.7. The number of hydrogen-bond donors (Lipinski definition) is 3. The molecular formula is C8H18N2O4. The predicted octanol–water partition coefficient (Wildman–Crippen LogP) is -1.82. The Morgan fingerprint density at radius 1 is 1.14 bits per heavy atom. The van der Waals surface area contributed by atoms with Gasteiger partial charge < -0.3 is 20.1 Å². The summed E-state index contributed by atoms with van der Waals surface area (Å²) in [5.74, 6) is -4.47. The second kappa shape index (κ2) is 3.73. The van der Waals surface area contributed by atoms with Gasteiger partial charge in [0.1, 0.15) is 0 Å². The van der Waals surface area contributed by atoms with Crippen LogP contribution in [0.15, 0.2) is 0 Å². The van der Waals surface area contributed by atoms with Gasteiger partial charge in [-0.1, -0.05) is 0 Å². The number of likely N-dealkylation sites (N-methyl/N-ethyl adjacent to an activating group) is 2. The maximum absolute atomic E-state index is 10.0. The normalized spacial score (nSPS) is 34.7. The maximum Gasteiger partial charge on any atom is 0.300 e.